The second kappa shape index (κ2) is 8.66. The van der Waals surface area contributed by atoms with Crippen molar-refractivity contribution in [1.29, 1.82) is 0 Å². The second-order valence-corrected chi connectivity index (χ2v) is 6.93. The summed E-state index contributed by atoms with van der Waals surface area (Å²) < 4.78 is 6.98. The lowest BCUT2D eigenvalue weighted by molar-refractivity contribution is 0.102. The number of anilines is 1. The average Bonchev–Trinajstić information content (AvgIpc) is 2.77. The highest BCUT2D eigenvalue weighted by molar-refractivity contribution is 6.04. The third-order valence-electron chi connectivity index (χ3n) is 4.89. The standard InChI is InChI=1S/C25H22N2O3/c1-2-30-22-13-11-21(12-14-22)26-25(29)20-10-15-24(28)27(17-20)16-19-8-5-7-18-6-3-4-9-23(18)19/h3-15,17H,2,16H2,1H3,(H,26,29). The van der Waals surface area contributed by atoms with Crippen molar-refractivity contribution in [3.8, 4) is 5.75 Å². The lowest BCUT2D eigenvalue weighted by atomic mass is 10.0. The first-order valence-electron chi connectivity index (χ1n) is 9.85. The number of aromatic nitrogens is 1. The first-order chi connectivity index (χ1) is 14.6. The van der Waals surface area contributed by atoms with Gasteiger partial charge in [0, 0.05) is 18.0 Å². The molecule has 1 amide bonds. The molecule has 0 unspecified atom stereocenters. The predicted molar refractivity (Wildman–Crippen MR) is 119 cm³/mol. The average molecular weight is 398 g/mol. The van der Waals surface area contributed by atoms with Crippen LogP contribution in [0, 0.1) is 0 Å². The van der Waals surface area contributed by atoms with Gasteiger partial charge in [0.25, 0.3) is 11.5 Å². The van der Waals surface area contributed by atoms with Gasteiger partial charge in [-0.1, -0.05) is 42.5 Å². The Kier molecular flexibility index (Phi) is 5.61. The topological polar surface area (TPSA) is 60.3 Å². The molecule has 0 saturated carbocycles. The van der Waals surface area contributed by atoms with Gasteiger partial charge in [0.05, 0.1) is 18.7 Å². The third-order valence-corrected chi connectivity index (χ3v) is 4.89. The molecule has 0 saturated heterocycles. The van der Waals surface area contributed by atoms with Gasteiger partial charge in [0.2, 0.25) is 0 Å². The number of nitrogens with one attached hydrogen (secondary N) is 1. The Morgan fingerprint density at radius 3 is 2.50 bits per heavy atom. The van der Waals surface area contributed by atoms with Crippen molar-refractivity contribution in [3.63, 3.8) is 0 Å². The molecule has 4 aromatic rings. The summed E-state index contributed by atoms with van der Waals surface area (Å²) in [5.41, 5.74) is 1.96. The number of carbonyl (C=O) groups excluding carboxylic acids is 1. The maximum absolute atomic E-state index is 12.7. The van der Waals surface area contributed by atoms with E-state index in [1.807, 2.05) is 49.4 Å². The zero-order valence-electron chi connectivity index (χ0n) is 16.7. The van der Waals surface area contributed by atoms with Crippen LogP contribution in [0.25, 0.3) is 10.8 Å². The molecule has 4 rings (SSSR count). The molecule has 0 radical (unpaired) electrons. The quantitative estimate of drug-likeness (QED) is 0.512. The molecule has 1 N–H and O–H groups in total. The van der Waals surface area contributed by atoms with Gasteiger partial charge in [0.15, 0.2) is 0 Å². The Bertz CT molecular complexity index is 1240. The summed E-state index contributed by atoms with van der Waals surface area (Å²) >= 11 is 0. The Balaban J connectivity index is 1.56. The molecule has 0 bridgehead atoms. The van der Waals surface area contributed by atoms with E-state index in [2.05, 4.69) is 5.32 Å². The fraction of sp³-hybridized carbons (Fsp3) is 0.120. The molecule has 1 heterocycles. The van der Waals surface area contributed by atoms with E-state index in [4.69, 9.17) is 4.74 Å². The molecule has 30 heavy (non-hydrogen) atoms. The van der Waals surface area contributed by atoms with E-state index in [0.29, 0.717) is 24.4 Å². The minimum Gasteiger partial charge on any atom is -0.494 e. The van der Waals surface area contributed by atoms with Crippen molar-refractivity contribution in [1.82, 2.24) is 4.57 Å². The first-order valence-corrected chi connectivity index (χ1v) is 9.85. The predicted octanol–water partition coefficient (Wildman–Crippen LogP) is 4.70. The lowest BCUT2D eigenvalue weighted by Gasteiger charge is -2.11. The van der Waals surface area contributed by atoms with Gasteiger partial charge in [-0.05, 0) is 53.6 Å². The number of rotatable bonds is 6. The summed E-state index contributed by atoms with van der Waals surface area (Å²) in [6.45, 7) is 2.90. The van der Waals surface area contributed by atoms with Gasteiger partial charge in [-0.25, -0.2) is 0 Å². The number of pyridine rings is 1. The number of carbonyl (C=O) groups is 1. The molecule has 5 nitrogen and oxygen atoms in total. The SMILES string of the molecule is CCOc1ccc(NC(=O)c2ccc(=O)n(Cc3cccc4ccccc34)c2)cc1. The Hall–Kier alpha value is -3.86. The summed E-state index contributed by atoms with van der Waals surface area (Å²) in [5.74, 6) is 0.477. The molecule has 0 aliphatic heterocycles. The number of amides is 1. The van der Waals surface area contributed by atoms with Crippen LogP contribution in [0.4, 0.5) is 5.69 Å². The normalized spacial score (nSPS) is 10.7. The van der Waals surface area contributed by atoms with Gasteiger partial charge >= 0.3 is 0 Å². The number of benzene rings is 3. The molecule has 0 aliphatic carbocycles. The highest BCUT2D eigenvalue weighted by Gasteiger charge is 2.10. The van der Waals surface area contributed by atoms with Crippen molar-refractivity contribution < 1.29 is 9.53 Å². The monoisotopic (exact) mass is 398 g/mol. The minimum absolute atomic E-state index is 0.152. The third kappa shape index (κ3) is 4.25. The van der Waals surface area contributed by atoms with E-state index in [1.165, 1.54) is 6.07 Å². The molecule has 0 aliphatic rings. The first kappa shape index (κ1) is 19.5. The molecule has 0 fully saturated rings. The Morgan fingerprint density at radius 1 is 0.933 bits per heavy atom. The Morgan fingerprint density at radius 2 is 1.70 bits per heavy atom. The molecule has 0 spiro atoms. The smallest absolute Gasteiger partial charge is 0.257 e. The fourth-order valence-electron chi connectivity index (χ4n) is 3.41. The van der Waals surface area contributed by atoms with Gasteiger partial charge in [-0.3, -0.25) is 9.59 Å². The number of hydrogen-bond acceptors (Lipinski definition) is 3. The van der Waals surface area contributed by atoms with Crippen LogP contribution in [0.2, 0.25) is 0 Å². The zero-order valence-corrected chi connectivity index (χ0v) is 16.7. The maximum atomic E-state index is 12.7. The Labute approximate surface area is 174 Å². The molecule has 5 heteroatoms. The molecule has 150 valence electrons. The minimum atomic E-state index is -0.272. The van der Waals surface area contributed by atoms with Crippen LogP contribution < -0.4 is 15.6 Å². The molecular weight excluding hydrogens is 376 g/mol. The fourth-order valence-corrected chi connectivity index (χ4v) is 3.41. The van der Waals surface area contributed by atoms with E-state index < -0.39 is 0 Å². The van der Waals surface area contributed by atoms with Crippen molar-refractivity contribution in [2.75, 3.05) is 11.9 Å². The summed E-state index contributed by atoms with van der Waals surface area (Å²) in [7, 11) is 0. The summed E-state index contributed by atoms with van der Waals surface area (Å²) in [5, 5.41) is 5.07. The molecule has 0 atom stereocenters. The van der Waals surface area contributed by atoms with Crippen LogP contribution in [-0.2, 0) is 6.54 Å². The molecule has 3 aromatic carbocycles. The number of fused-ring (bicyclic) bond motifs is 1. The van der Waals surface area contributed by atoms with Gasteiger partial charge in [-0.2, -0.15) is 0 Å². The van der Waals surface area contributed by atoms with E-state index in [1.54, 1.807) is 41.1 Å². The number of nitrogens with zero attached hydrogens (tertiary/aromatic N) is 1. The van der Waals surface area contributed by atoms with Crippen molar-refractivity contribution in [2.24, 2.45) is 0 Å². The number of ether oxygens (including phenoxy) is 1. The maximum Gasteiger partial charge on any atom is 0.257 e. The van der Waals surface area contributed by atoms with Crippen molar-refractivity contribution >= 4 is 22.4 Å². The van der Waals surface area contributed by atoms with Gasteiger partial charge in [0.1, 0.15) is 5.75 Å². The van der Waals surface area contributed by atoms with Crippen LogP contribution in [0.15, 0.2) is 89.9 Å². The van der Waals surface area contributed by atoms with Crippen LogP contribution in [-0.4, -0.2) is 17.1 Å². The molecule has 1 aromatic heterocycles. The number of hydrogen-bond donors (Lipinski definition) is 1. The van der Waals surface area contributed by atoms with Crippen LogP contribution >= 0.6 is 0 Å². The summed E-state index contributed by atoms with van der Waals surface area (Å²) in [6.07, 6.45) is 1.61. The lowest BCUT2D eigenvalue weighted by Crippen LogP contribution is -2.22. The van der Waals surface area contributed by atoms with E-state index in [9.17, 15) is 9.59 Å². The zero-order chi connectivity index (χ0) is 20.9. The van der Waals surface area contributed by atoms with Crippen molar-refractivity contribution in [3.05, 3.63) is 107 Å². The molecular formula is C25H22N2O3. The van der Waals surface area contributed by atoms with Crippen LogP contribution in [0.1, 0.15) is 22.8 Å². The van der Waals surface area contributed by atoms with E-state index in [0.717, 1.165) is 22.1 Å². The van der Waals surface area contributed by atoms with Gasteiger partial charge < -0.3 is 14.6 Å². The summed E-state index contributed by atoms with van der Waals surface area (Å²) in [4.78, 5) is 25.1. The highest BCUT2D eigenvalue weighted by atomic mass is 16.5. The van der Waals surface area contributed by atoms with E-state index >= 15 is 0 Å². The van der Waals surface area contributed by atoms with E-state index in [-0.39, 0.29) is 11.5 Å². The summed E-state index contributed by atoms with van der Waals surface area (Å²) in [6, 6.07) is 24.2. The van der Waals surface area contributed by atoms with Crippen molar-refractivity contribution in [2.45, 2.75) is 13.5 Å². The second-order valence-electron chi connectivity index (χ2n) is 6.93. The highest BCUT2D eigenvalue weighted by Crippen LogP contribution is 2.19. The van der Waals surface area contributed by atoms with Crippen LogP contribution in [0.3, 0.4) is 0 Å². The van der Waals surface area contributed by atoms with Crippen LogP contribution in [0.5, 0.6) is 5.75 Å². The largest absolute Gasteiger partial charge is 0.494 e. The van der Waals surface area contributed by atoms with Gasteiger partial charge in [-0.15, -0.1) is 0 Å².